The van der Waals surface area contributed by atoms with Gasteiger partial charge in [0.15, 0.2) is 6.61 Å². The summed E-state index contributed by atoms with van der Waals surface area (Å²) in [4.78, 5) is 14.0. The quantitative estimate of drug-likeness (QED) is 0.702. The van der Waals surface area contributed by atoms with Crippen LogP contribution in [0.5, 0.6) is 5.75 Å². The first-order valence-electron chi connectivity index (χ1n) is 9.37. The fourth-order valence-electron chi connectivity index (χ4n) is 3.46. The maximum Gasteiger partial charge on any atom is 0.422 e. The number of halogens is 4. The number of ether oxygens (including phenoxy) is 1. The zero-order chi connectivity index (χ0) is 21.9. The fraction of sp³-hybridized carbons (Fsp3) is 0.381. The van der Waals surface area contributed by atoms with E-state index in [4.69, 9.17) is 4.74 Å². The van der Waals surface area contributed by atoms with Crippen LogP contribution in [0.2, 0.25) is 0 Å². The van der Waals surface area contributed by atoms with E-state index >= 15 is 0 Å². The number of hydrogen-bond acceptors (Lipinski definition) is 3. The molecule has 1 atom stereocenters. The molecule has 1 unspecified atom stereocenters. The molecular weight excluding hydrogens is 404 g/mol. The molecule has 5 nitrogen and oxygen atoms in total. The number of nitrogens with one attached hydrogen (secondary N) is 1. The number of urea groups is 1. The summed E-state index contributed by atoms with van der Waals surface area (Å²) in [5.41, 5.74) is 0.132. The average molecular weight is 426 g/mol. The van der Waals surface area contributed by atoms with Crippen LogP contribution in [-0.4, -0.2) is 47.5 Å². The van der Waals surface area contributed by atoms with Gasteiger partial charge in [-0.3, -0.25) is 0 Å². The minimum absolute atomic E-state index is 0.0224. The van der Waals surface area contributed by atoms with Crippen LogP contribution >= 0.6 is 0 Å². The number of carbonyl (C=O) groups excluding carboxylic acids is 1. The predicted octanol–water partition coefficient (Wildman–Crippen LogP) is 4.29. The summed E-state index contributed by atoms with van der Waals surface area (Å²) in [6.45, 7) is 0.468. The van der Waals surface area contributed by atoms with Crippen LogP contribution in [0.1, 0.15) is 17.5 Å². The molecular formula is C21H22F4N2O3. The maximum absolute atomic E-state index is 13.4. The van der Waals surface area contributed by atoms with Crippen molar-refractivity contribution in [2.45, 2.75) is 31.5 Å². The predicted molar refractivity (Wildman–Crippen MR) is 103 cm³/mol. The molecule has 9 heteroatoms. The van der Waals surface area contributed by atoms with Gasteiger partial charge in [0.2, 0.25) is 0 Å². The smallest absolute Gasteiger partial charge is 0.422 e. The number of nitrogens with zero attached hydrogens (tertiary/aromatic N) is 1. The van der Waals surface area contributed by atoms with Crippen molar-refractivity contribution in [1.29, 1.82) is 0 Å². The molecule has 30 heavy (non-hydrogen) atoms. The van der Waals surface area contributed by atoms with Gasteiger partial charge in [-0.15, -0.1) is 0 Å². The number of likely N-dealkylation sites (tertiary alicyclic amines) is 1. The highest BCUT2D eigenvalue weighted by atomic mass is 19.4. The number of benzene rings is 2. The SMILES string of the molecule is Cc1c(NC(=O)N2CCC(O)(Cc3cccc(F)c3)C2)cccc1OCC(F)(F)F. The number of carbonyl (C=O) groups is 1. The first-order chi connectivity index (χ1) is 14.0. The Morgan fingerprint density at radius 2 is 2.00 bits per heavy atom. The number of alkyl halides is 3. The largest absolute Gasteiger partial charge is 0.484 e. The Morgan fingerprint density at radius 1 is 1.27 bits per heavy atom. The lowest BCUT2D eigenvalue weighted by Gasteiger charge is -2.24. The highest BCUT2D eigenvalue weighted by Crippen LogP contribution is 2.29. The molecule has 0 spiro atoms. The van der Waals surface area contributed by atoms with E-state index in [0.29, 0.717) is 29.8 Å². The summed E-state index contributed by atoms with van der Waals surface area (Å²) < 4.78 is 55.4. The van der Waals surface area contributed by atoms with E-state index in [0.717, 1.165) is 0 Å². The summed E-state index contributed by atoms with van der Waals surface area (Å²) in [6, 6.07) is 9.88. The van der Waals surface area contributed by atoms with E-state index in [9.17, 15) is 27.5 Å². The topological polar surface area (TPSA) is 61.8 Å². The van der Waals surface area contributed by atoms with Gasteiger partial charge >= 0.3 is 12.2 Å². The van der Waals surface area contributed by atoms with Gasteiger partial charge in [0.05, 0.1) is 12.1 Å². The Bertz CT molecular complexity index is 919. The number of hydrogen-bond donors (Lipinski definition) is 2. The summed E-state index contributed by atoms with van der Waals surface area (Å²) in [5, 5.41) is 13.5. The van der Waals surface area contributed by atoms with E-state index in [-0.39, 0.29) is 18.7 Å². The number of rotatable bonds is 5. The van der Waals surface area contributed by atoms with Crippen LogP contribution in [0.25, 0.3) is 0 Å². The number of aliphatic hydroxyl groups is 1. The number of β-amino-alcohol motifs (C(OH)–C–C–N with tert-alkyl or cyclic N) is 1. The molecule has 1 aliphatic rings. The van der Waals surface area contributed by atoms with Gasteiger partial charge in [-0.25, -0.2) is 9.18 Å². The Hall–Kier alpha value is -2.81. The Morgan fingerprint density at radius 3 is 2.70 bits per heavy atom. The summed E-state index contributed by atoms with van der Waals surface area (Å²) in [5.74, 6) is -0.374. The fourth-order valence-corrected chi connectivity index (χ4v) is 3.46. The molecule has 1 heterocycles. The zero-order valence-electron chi connectivity index (χ0n) is 16.3. The third-order valence-corrected chi connectivity index (χ3v) is 4.96. The standard InChI is InChI=1S/C21H22F4N2O3/c1-14-17(6-3-7-18(14)30-13-21(23,24)25)26-19(28)27-9-8-20(29,12-27)11-15-4-2-5-16(22)10-15/h2-7,10,29H,8-9,11-13H2,1H3,(H,26,28). The van der Waals surface area contributed by atoms with E-state index in [1.165, 1.54) is 29.2 Å². The Kier molecular flexibility index (Phi) is 6.21. The molecule has 2 aromatic rings. The average Bonchev–Trinajstić information content (AvgIpc) is 3.03. The lowest BCUT2D eigenvalue weighted by Crippen LogP contribution is -2.39. The van der Waals surface area contributed by atoms with Gasteiger partial charge in [-0.05, 0) is 43.2 Å². The lowest BCUT2D eigenvalue weighted by atomic mass is 9.94. The van der Waals surface area contributed by atoms with Gasteiger partial charge in [0.25, 0.3) is 0 Å². The molecule has 0 aromatic heterocycles. The van der Waals surface area contributed by atoms with Crippen molar-refractivity contribution < 1.29 is 32.2 Å². The molecule has 1 aliphatic heterocycles. The van der Waals surface area contributed by atoms with Gasteiger partial charge in [-0.2, -0.15) is 13.2 Å². The van der Waals surface area contributed by atoms with E-state index in [2.05, 4.69) is 5.32 Å². The van der Waals surface area contributed by atoms with E-state index < -0.39 is 30.2 Å². The van der Waals surface area contributed by atoms with Gasteiger partial charge in [0.1, 0.15) is 11.6 Å². The molecule has 2 N–H and O–H groups in total. The van der Waals surface area contributed by atoms with Crippen molar-refractivity contribution in [2.75, 3.05) is 25.0 Å². The molecule has 0 aliphatic carbocycles. The zero-order valence-corrected chi connectivity index (χ0v) is 16.3. The Balaban J connectivity index is 1.63. The highest BCUT2D eigenvalue weighted by molar-refractivity contribution is 5.90. The number of anilines is 1. The van der Waals surface area contributed by atoms with Crippen molar-refractivity contribution in [3.05, 3.63) is 59.4 Å². The van der Waals surface area contributed by atoms with E-state index in [1.54, 1.807) is 25.1 Å². The highest BCUT2D eigenvalue weighted by Gasteiger charge is 2.38. The lowest BCUT2D eigenvalue weighted by molar-refractivity contribution is -0.153. The number of amides is 2. The molecule has 0 bridgehead atoms. The van der Waals surface area contributed by atoms with E-state index in [1.807, 2.05) is 0 Å². The van der Waals surface area contributed by atoms with Crippen LogP contribution in [0.3, 0.4) is 0 Å². The van der Waals surface area contributed by atoms with Crippen LogP contribution in [-0.2, 0) is 6.42 Å². The van der Waals surface area contributed by atoms with Crippen molar-refractivity contribution in [3.63, 3.8) is 0 Å². The van der Waals surface area contributed by atoms with Gasteiger partial charge in [0, 0.05) is 24.2 Å². The molecule has 162 valence electrons. The molecule has 0 radical (unpaired) electrons. The normalized spacial score (nSPS) is 19.1. The third kappa shape index (κ3) is 5.63. The minimum atomic E-state index is -4.46. The summed E-state index contributed by atoms with van der Waals surface area (Å²) in [7, 11) is 0. The van der Waals surface area contributed by atoms with Crippen LogP contribution < -0.4 is 10.1 Å². The van der Waals surface area contributed by atoms with Crippen molar-refractivity contribution in [1.82, 2.24) is 4.90 Å². The van der Waals surface area contributed by atoms with Crippen LogP contribution in [0, 0.1) is 12.7 Å². The molecule has 0 saturated carbocycles. The molecule has 2 aromatic carbocycles. The van der Waals surface area contributed by atoms with Crippen LogP contribution in [0.15, 0.2) is 42.5 Å². The van der Waals surface area contributed by atoms with Gasteiger partial charge < -0.3 is 20.1 Å². The second kappa shape index (κ2) is 8.51. The summed E-state index contributed by atoms with van der Waals surface area (Å²) >= 11 is 0. The van der Waals surface area contributed by atoms with Crippen molar-refractivity contribution in [3.8, 4) is 5.75 Å². The third-order valence-electron chi connectivity index (χ3n) is 4.96. The van der Waals surface area contributed by atoms with Crippen LogP contribution in [0.4, 0.5) is 28.0 Å². The molecule has 2 amide bonds. The Labute approximate surface area is 171 Å². The minimum Gasteiger partial charge on any atom is -0.484 e. The second-order valence-electron chi connectivity index (χ2n) is 7.47. The summed E-state index contributed by atoms with van der Waals surface area (Å²) in [6.07, 6.45) is -3.94. The molecule has 3 rings (SSSR count). The monoisotopic (exact) mass is 426 g/mol. The molecule has 1 fully saturated rings. The second-order valence-corrected chi connectivity index (χ2v) is 7.47. The first kappa shape index (κ1) is 21.9. The van der Waals surface area contributed by atoms with Crippen molar-refractivity contribution >= 4 is 11.7 Å². The molecule has 1 saturated heterocycles. The van der Waals surface area contributed by atoms with Crippen molar-refractivity contribution in [2.24, 2.45) is 0 Å². The first-order valence-corrected chi connectivity index (χ1v) is 9.37. The maximum atomic E-state index is 13.4. The van der Waals surface area contributed by atoms with Gasteiger partial charge in [-0.1, -0.05) is 18.2 Å².